The number of hydrogen-bond donors (Lipinski definition) is 0. The van der Waals surface area contributed by atoms with Gasteiger partial charge in [0.25, 0.3) is 0 Å². The van der Waals surface area contributed by atoms with Crippen molar-refractivity contribution in [3.63, 3.8) is 0 Å². The zero-order chi connectivity index (χ0) is 16.5. The summed E-state index contributed by atoms with van der Waals surface area (Å²) in [6.45, 7) is 3.64. The summed E-state index contributed by atoms with van der Waals surface area (Å²) in [5.41, 5.74) is -0.00752. The number of hydrogen-bond acceptors (Lipinski definition) is 4. The summed E-state index contributed by atoms with van der Waals surface area (Å²) in [5, 5.41) is 0. The van der Waals surface area contributed by atoms with Crippen molar-refractivity contribution in [3.05, 3.63) is 41.3 Å². The molecule has 2 aromatic rings. The molecule has 7 heteroatoms. The Kier molecular flexibility index (Phi) is 4.25. The Bertz CT molecular complexity index is 672. The lowest BCUT2D eigenvalue weighted by Crippen LogP contribution is -2.04. The van der Waals surface area contributed by atoms with Crippen molar-refractivity contribution in [1.29, 1.82) is 0 Å². The third kappa shape index (κ3) is 3.13. The van der Waals surface area contributed by atoms with Gasteiger partial charge in [-0.1, -0.05) is 13.8 Å². The summed E-state index contributed by atoms with van der Waals surface area (Å²) < 4.78 is 47.6. The Balaban J connectivity index is 2.43. The average Bonchev–Trinajstić information content (AvgIpc) is 2.91. The zero-order valence-electron chi connectivity index (χ0n) is 12.2. The Morgan fingerprint density at radius 2 is 1.82 bits per heavy atom. The first kappa shape index (κ1) is 16.1. The smallest absolute Gasteiger partial charge is 0.416 e. The molecule has 0 bridgehead atoms. The van der Waals surface area contributed by atoms with E-state index >= 15 is 0 Å². The standard InChI is InChI=1S/C15H14F3NO3/c1-8(2)11-12(14(20)21-3)22-13(19-11)9-4-6-10(7-5-9)15(16,17)18/h4-8H,1-3H3. The van der Waals surface area contributed by atoms with E-state index < -0.39 is 17.7 Å². The van der Waals surface area contributed by atoms with Crippen LogP contribution in [-0.2, 0) is 10.9 Å². The Morgan fingerprint density at radius 3 is 2.27 bits per heavy atom. The highest BCUT2D eigenvalue weighted by molar-refractivity contribution is 5.88. The number of carbonyl (C=O) groups is 1. The quantitative estimate of drug-likeness (QED) is 0.794. The monoisotopic (exact) mass is 313 g/mol. The molecule has 0 aliphatic rings. The van der Waals surface area contributed by atoms with Crippen LogP contribution in [0.1, 0.15) is 41.6 Å². The van der Waals surface area contributed by atoms with E-state index in [-0.39, 0.29) is 17.6 Å². The summed E-state index contributed by atoms with van der Waals surface area (Å²) in [7, 11) is 1.22. The first-order chi connectivity index (χ1) is 10.2. The molecule has 0 N–H and O–H groups in total. The van der Waals surface area contributed by atoms with E-state index in [0.717, 1.165) is 12.1 Å². The molecule has 0 unspecified atom stereocenters. The number of esters is 1. The van der Waals surface area contributed by atoms with Crippen LogP contribution in [-0.4, -0.2) is 18.1 Å². The average molecular weight is 313 g/mol. The van der Waals surface area contributed by atoms with Gasteiger partial charge in [0.05, 0.1) is 18.4 Å². The van der Waals surface area contributed by atoms with Crippen LogP contribution < -0.4 is 0 Å². The number of carbonyl (C=O) groups excluding carboxylic acids is 1. The van der Waals surface area contributed by atoms with Gasteiger partial charge >= 0.3 is 12.1 Å². The number of aromatic nitrogens is 1. The summed E-state index contributed by atoms with van der Waals surface area (Å²) in [5.74, 6) is -0.722. The van der Waals surface area contributed by atoms with Crippen LogP contribution in [0.25, 0.3) is 11.5 Å². The second-order valence-electron chi connectivity index (χ2n) is 4.95. The first-order valence-electron chi connectivity index (χ1n) is 6.50. The maximum Gasteiger partial charge on any atom is 0.416 e. The lowest BCUT2D eigenvalue weighted by atomic mass is 10.1. The molecule has 0 radical (unpaired) electrons. The van der Waals surface area contributed by atoms with E-state index in [0.29, 0.717) is 11.3 Å². The lowest BCUT2D eigenvalue weighted by Gasteiger charge is -2.06. The fourth-order valence-corrected chi connectivity index (χ4v) is 1.89. The second-order valence-corrected chi connectivity index (χ2v) is 4.95. The number of alkyl halides is 3. The third-order valence-electron chi connectivity index (χ3n) is 3.03. The van der Waals surface area contributed by atoms with Crippen LogP contribution in [0.4, 0.5) is 13.2 Å². The van der Waals surface area contributed by atoms with Crippen LogP contribution in [0.5, 0.6) is 0 Å². The molecule has 0 saturated heterocycles. The Hall–Kier alpha value is -2.31. The van der Waals surface area contributed by atoms with Crippen LogP contribution in [0.15, 0.2) is 28.7 Å². The van der Waals surface area contributed by atoms with Crippen molar-refractivity contribution in [3.8, 4) is 11.5 Å². The molecule has 1 aromatic carbocycles. The van der Waals surface area contributed by atoms with E-state index in [1.807, 2.05) is 13.8 Å². The normalized spacial score (nSPS) is 11.8. The topological polar surface area (TPSA) is 52.3 Å². The molecule has 0 fully saturated rings. The molecular weight excluding hydrogens is 299 g/mol. The van der Waals surface area contributed by atoms with Crippen molar-refractivity contribution in [2.45, 2.75) is 25.9 Å². The van der Waals surface area contributed by atoms with Crippen LogP contribution >= 0.6 is 0 Å². The number of benzene rings is 1. The number of nitrogens with zero attached hydrogens (tertiary/aromatic N) is 1. The van der Waals surface area contributed by atoms with E-state index in [2.05, 4.69) is 9.72 Å². The van der Waals surface area contributed by atoms with Crippen LogP contribution in [0.2, 0.25) is 0 Å². The number of methoxy groups -OCH3 is 1. The molecule has 0 aliphatic heterocycles. The van der Waals surface area contributed by atoms with Gasteiger partial charge in [-0.15, -0.1) is 0 Å². The van der Waals surface area contributed by atoms with Crippen molar-refractivity contribution < 1.29 is 27.1 Å². The van der Waals surface area contributed by atoms with Gasteiger partial charge in [0.15, 0.2) is 0 Å². The Morgan fingerprint density at radius 1 is 1.23 bits per heavy atom. The van der Waals surface area contributed by atoms with E-state index in [1.165, 1.54) is 19.2 Å². The minimum absolute atomic E-state index is 0.0348. The molecule has 0 spiro atoms. The first-order valence-corrected chi connectivity index (χ1v) is 6.50. The molecule has 1 heterocycles. The minimum atomic E-state index is -4.41. The van der Waals surface area contributed by atoms with Gasteiger partial charge in [-0.3, -0.25) is 0 Å². The molecule has 118 valence electrons. The van der Waals surface area contributed by atoms with Gasteiger partial charge in [-0.2, -0.15) is 13.2 Å². The molecule has 2 rings (SSSR count). The molecule has 4 nitrogen and oxygen atoms in total. The predicted octanol–water partition coefficient (Wildman–Crippen LogP) is 4.27. The minimum Gasteiger partial charge on any atom is -0.463 e. The van der Waals surface area contributed by atoms with Gasteiger partial charge in [-0.25, -0.2) is 9.78 Å². The molecule has 0 aliphatic carbocycles. The summed E-state index contributed by atoms with van der Waals surface area (Å²) in [6.07, 6.45) is -4.41. The number of oxazole rings is 1. The zero-order valence-corrected chi connectivity index (χ0v) is 12.2. The van der Waals surface area contributed by atoms with E-state index in [4.69, 9.17) is 4.42 Å². The predicted molar refractivity (Wildman–Crippen MR) is 72.4 cm³/mol. The van der Waals surface area contributed by atoms with Crippen LogP contribution in [0.3, 0.4) is 0 Å². The van der Waals surface area contributed by atoms with Crippen molar-refractivity contribution >= 4 is 5.97 Å². The number of ether oxygens (including phenoxy) is 1. The maximum atomic E-state index is 12.5. The van der Waals surface area contributed by atoms with Crippen molar-refractivity contribution in [1.82, 2.24) is 4.98 Å². The van der Waals surface area contributed by atoms with Gasteiger partial charge < -0.3 is 9.15 Å². The highest BCUT2D eigenvalue weighted by atomic mass is 19.4. The van der Waals surface area contributed by atoms with Crippen molar-refractivity contribution in [2.75, 3.05) is 7.11 Å². The fourth-order valence-electron chi connectivity index (χ4n) is 1.89. The molecule has 1 aromatic heterocycles. The maximum absolute atomic E-state index is 12.5. The SMILES string of the molecule is COC(=O)c1oc(-c2ccc(C(F)(F)F)cc2)nc1C(C)C. The highest BCUT2D eigenvalue weighted by Crippen LogP contribution is 2.32. The number of halogens is 3. The lowest BCUT2D eigenvalue weighted by molar-refractivity contribution is -0.137. The van der Waals surface area contributed by atoms with Crippen LogP contribution in [0, 0.1) is 0 Å². The molecule has 0 saturated carbocycles. The third-order valence-corrected chi connectivity index (χ3v) is 3.03. The molecule has 0 atom stereocenters. The summed E-state index contributed by atoms with van der Waals surface area (Å²) in [6, 6.07) is 4.37. The molecular formula is C15H14F3NO3. The second kappa shape index (κ2) is 5.82. The highest BCUT2D eigenvalue weighted by Gasteiger charge is 2.30. The van der Waals surface area contributed by atoms with Gasteiger partial charge in [0, 0.05) is 5.56 Å². The largest absolute Gasteiger partial charge is 0.463 e. The van der Waals surface area contributed by atoms with E-state index in [9.17, 15) is 18.0 Å². The fraction of sp³-hybridized carbons (Fsp3) is 0.333. The summed E-state index contributed by atoms with van der Waals surface area (Å²) in [4.78, 5) is 15.9. The number of rotatable bonds is 3. The summed E-state index contributed by atoms with van der Waals surface area (Å²) >= 11 is 0. The van der Waals surface area contributed by atoms with Gasteiger partial charge in [-0.05, 0) is 30.2 Å². The Labute approximate surface area is 124 Å². The molecule has 22 heavy (non-hydrogen) atoms. The molecule has 0 amide bonds. The van der Waals surface area contributed by atoms with E-state index in [1.54, 1.807) is 0 Å². The van der Waals surface area contributed by atoms with Gasteiger partial charge in [0.2, 0.25) is 11.7 Å². The van der Waals surface area contributed by atoms with Crippen molar-refractivity contribution in [2.24, 2.45) is 0 Å². The van der Waals surface area contributed by atoms with Gasteiger partial charge in [0.1, 0.15) is 0 Å².